The zero-order valence-corrected chi connectivity index (χ0v) is 10.8. The van der Waals surface area contributed by atoms with Gasteiger partial charge in [0.1, 0.15) is 0 Å². The molecule has 0 aromatic heterocycles. The first-order valence-electron chi connectivity index (χ1n) is 4.92. The lowest BCUT2D eigenvalue weighted by atomic mass is 10.1. The third-order valence-corrected chi connectivity index (χ3v) is 3.02. The molecule has 0 fully saturated rings. The fourth-order valence-electron chi connectivity index (χ4n) is 1.36. The van der Waals surface area contributed by atoms with E-state index in [1.165, 1.54) is 14.2 Å². The summed E-state index contributed by atoms with van der Waals surface area (Å²) in [6.45, 7) is 0. The number of hydrogen-bond donors (Lipinski definition) is 0. The largest absolute Gasteiger partial charge is 0.277 e. The van der Waals surface area contributed by atoms with E-state index in [0.29, 0.717) is 11.1 Å². The number of amides is 1. The number of sulfone groups is 1. The summed E-state index contributed by atoms with van der Waals surface area (Å²) in [5.74, 6) is -0.395. The molecule has 1 aromatic carbocycles. The molecule has 0 saturated heterocycles. The average molecular weight is 257 g/mol. The molecule has 1 aromatic rings. The Hall–Kier alpha value is -1.40. The molecule has 0 aliphatic rings. The van der Waals surface area contributed by atoms with Gasteiger partial charge in [-0.3, -0.25) is 9.63 Å². The topological polar surface area (TPSA) is 63.7 Å². The summed E-state index contributed by atoms with van der Waals surface area (Å²) in [5.41, 5.74) is 0.985. The van der Waals surface area contributed by atoms with Crippen LogP contribution >= 0.6 is 0 Å². The summed E-state index contributed by atoms with van der Waals surface area (Å²) in [6, 6.07) is 6.49. The van der Waals surface area contributed by atoms with Crippen LogP contribution in [0.25, 0.3) is 0 Å². The third kappa shape index (κ3) is 4.16. The average Bonchev–Trinajstić information content (AvgIpc) is 2.25. The van der Waals surface area contributed by atoms with Crippen molar-refractivity contribution in [3.05, 3.63) is 35.4 Å². The first kappa shape index (κ1) is 13.7. The Morgan fingerprint density at radius 2 is 2.06 bits per heavy atom. The molecule has 0 N–H and O–H groups in total. The molecule has 0 bridgehead atoms. The second-order valence-electron chi connectivity index (χ2n) is 3.76. The number of carbonyl (C=O) groups is 1. The zero-order chi connectivity index (χ0) is 13.1. The van der Waals surface area contributed by atoms with E-state index in [9.17, 15) is 13.2 Å². The second-order valence-corrected chi connectivity index (χ2v) is 5.90. The number of hydrogen-bond acceptors (Lipinski definition) is 4. The van der Waals surface area contributed by atoms with Crippen molar-refractivity contribution in [3.63, 3.8) is 0 Å². The van der Waals surface area contributed by atoms with Crippen molar-refractivity contribution in [2.45, 2.75) is 5.75 Å². The summed E-state index contributed by atoms with van der Waals surface area (Å²) in [6.07, 6.45) is 1.16. The Bertz CT molecular complexity index is 510. The van der Waals surface area contributed by atoms with Crippen LogP contribution in [0.2, 0.25) is 0 Å². The summed E-state index contributed by atoms with van der Waals surface area (Å²) in [5, 5.41) is 1.08. The fourth-order valence-corrected chi connectivity index (χ4v) is 2.15. The molecule has 17 heavy (non-hydrogen) atoms. The molecule has 0 saturated carbocycles. The lowest BCUT2D eigenvalue weighted by Gasteiger charge is -2.13. The van der Waals surface area contributed by atoms with Crippen molar-refractivity contribution in [3.8, 4) is 0 Å². The van der Waals surface area contributed by atoms with Crippen molar-refractivity contribution < 1.29 is 18.0 Å². The van der Waals surface area contributed by atoms with E-state index in [1.807, 2.05) is 0 Å². The van der Waals surface area contributed by atoms with Gasteiger partial charge in [-0.1, -0.05) is 12.1 Å². The maximum absolute atomic E-state index is 11.7. The van der Waals surface area contributed by atoms with Crippen LogP contribution in [0.15, 0.2) is 24.3 Å². The SMILES string of the molecule is CON(C)C(=O)c1cccc(CS(C)(=O)=O)c1. The molecule has 1 rings (SSSR count). The number of carbonyl (C=O) groups excluding carboxylic acids is 1. The van der Waals surface area contributed by atoms with E-state index < -0.39 is 9.84 Å². The monoisotopic (exact) mass is 257 g/mol. The minimum atomic E-state index is -3.10. The second kappa shape index (κ2) is 5.29. The van der Waals surface area contributed by atoms with Gasteiger partial charge in [0.05, 0.1) is 12.9 Å². The highest BCUT2D eigenvalue weighted by Gasteiger charge is 2.12. The third-order valence-electron chi connectivity index (χ3n) is 2.16. The van der Waals surface area contributed by atoms with Crippen LogP contribution in [-0.4, -0.2) is 39.8 Å². The van der Waals surface area contributed by atoms with Crippen molar-refractivity contribution in [2.24, 2.45) is 0 Å². The molecule has 5 nitrogen and oxygen atoms in total. The molecule has 0 spiro atoms. The van der Waals surface area contributed by atoms with Gasteiger partial charge in [0.25, 0.3) is 5.91 Å². The van der Waals surface area contributed by atoms with Crippen LogP contribution in [0, 0.1) is 0 Å². The highest BCUT2D eigenvalue weighted by molar-refractivity contribution is 7.89. The normalized spacial score (nSPS) is 11.2. The van der Waals surface area contributed by atoms with Crippen LogP contribution < -0.4 is 0 Å². The lowest BCUT2D eigenvalue weighted by Crippen LogP contribution is -2.25. The zero-order valence-electron chi connectivity index (χ0n) is 10.0. The van der Waals surface area contributed by atoms with Crippen LogP contribution in [0.5, 0.6) is 0 Å². The Labute approximate surface area is 101 Å². The highest BCUT2D eigenvalue weighted by atomic mass is 32.2. The molecule has 0 heterocycles. The summed E-state index contributed by atoms with van der Waals surface area (Å²) >= 11 is 0. The smallest absolute Gasteiger partial charge is 0.274 e. The molecule has 94 valence electrons. The van der Waals surface area contributed by atoms with Crippen molar-refractivity contribution in [2.75, 3.05) is 20.4 Å². The highest BCUT2D eigenvalue weighted by Crippen LogP contribution is 2.10. The summed E-state index contributed by atoms with van der Waals surface area (Å²) in [4.78, 5) is 16.5. The quantitative estimate of drug-likeness (QED) is 0.751. The van der Waals surface area contributed by atoms with Crippen molar-refractivity contribution in [1.29, 1.82) is 0 Å². The van der Waals surface area contributed by atoms with Gasteiger partial charge in [-0.2, -0.15) is 0 Å². The minimum absolute atomic E-state index is 0.0786. The maximum Gasteiger partial charge on any atom is 0.277 e. The first-order chi connectivity index (χ1) is 7.83. The van der Waals surface area contributed by atoms with Gasteiger partial charge < -0.3 is 0 Å². The van der Waals surface area contributed by atoms with E-state index in [2.05, 4.69) is 0 Å². The predicted octanol–water partition coefficient (Wildman–Crippen LogP) is 0.865. The van der Waals surface area contributed by atoms with Gasteiger partial charge in [0, 0.05) is 18.9 Å². The Kier molecular flexibility index (Phi) is 4.25. The van der Waals surface area contributed by atoms with Crippen molar-refractivity contribution >= 4 is 15.7 Å². The Morgan fingerprint density at radius 3 is 2.59 bits per heavy atom. The fraction of sp³-hybridized carbons (Fsp3) is 0.364. The predicted molar refractivity (Wildman–Crippen MR) is 64.1 cm³/mol. The molecule has 1 amide bonds. The number of rotatable bonds is 4. The van der Waals surface area contributed by atoms with E-state index in [-0.39, 0.29) is 11.7 Å². The van der Waals surface area contributed by atoms with Crippen LogP contribution in [-0.2, 0) is 20.4 Å². The molecule has 0 aliphatic carbocycles. The lowest BCUT2D eigenvalue weighted by molar-refractivity contribution is -0.0757. The van der Waals surface area contributed by atoms with Gasteiger partial charge in [0.15, 0.2) is 9.84 Å². The molecule has 0 radical (unpaired) electrons. The number of nitrogens with zero attached hydrogens (tertiary/aromatic N) is 1. The number of benzene rings is 1. The van der Waals surface area contributed by atoms with Crippen LogP contribution in [0.3, 0.4) is 0 Å². The maximum atomic E-state index is 11.7. The molecule has 0 unspecified atom stereocenters. The van der Waals surface area contributed by atoms with Gasteiger partial charge in [-0.15, -0.1) is 0 Å². The van der Waals surface area contributed by atoms with Crippen molar-refractivity contribution in [1.82, 2.24) is 5.06 Å². The molecule has 0 aliphatic heterocycles. The van der Waals surface area contributed by atoms with E-state index in [0.717, 1.165) is 11.3 Å². The first-order valence-corrected chi connectivity index (χ1v) is 6.98. The molecular weight excluding hydrogens is 242 g/mol. The van der Waals surface area contributed by atoms with Gasteiger partial charge >= 0.3 is 0 Å². The van der Waals surface area contributed by atoms with Gasteiger partial charge in [0.2, 0.25) is 0 Å². The van der Waals surface area contributed by atoms with E-state index in [4.69, 9.17) is 4.84 Å². The van der Waals surface area contributed by atoms with E-state index in [1.54, 1.807) is 24.3 Å². The minimum Gasteiger partial charge on any atom is -0.274 e. The van der Waals surface area contributed by atoms with E-state index >= 15 is 0 Å². The molecular formula is C11H15NO4S. The summed E-state index contributed by atoms with van der Waals surface area (Å²) < 4.78 is 22.3. The standard InChI is InChI=1S/C11H15NO4S/c1-12(16-2)11(13)10-6-4-5-9(7-10)8-17(3,14)15/h4-7H,8H2,1-3H3. The molecule has 6 heteroatoms. The Balaban J connectivity index is 2.97. The van der Waals surface area contributed by atoms with Crippen LogP contribution in [0.1, 0.15) is 15.9 Å². The summed E-state index contributed by atoms with van der Waals surface area (Å²) in [7, 11) is -0.223. The van der Waals surface area contributed by atoms with Crippen LogP contribution in [0.4, 0.5) is 0 Å². The van der Waals surface area contributed by atoms with Gasteiger partial charge in [-0.05, 0) is 17.7 Å². The Morgan fingerprint density at radius 1 is 1.41 bits per heavy atom. The van der Waals surface area contributed by atoms with Gasteiger partial charge in [-0.25, -0.2) is 13.5 Å². The molecule has 0 atom stereocenters. The number of hydroxylamine groups is 2.